The highest BCUT2D eigenvalue weighted by Gasteiger charge is 2.41. The minimum absolute atomic E-state index is 0.0225. The minimum atomic E-state index is -0.315. The van der Waals surface area contributed by atoms with Gasteiger partial charge in [0.05, 0.1) is 0 Å². The highest BCUT2D eigenvalue weighted by atomic mass is 35.5. The topological polar surface area (TPSA) is 20.3 Å². The van der Waals surface area contributed by atoms with Crippen molar-refractivity contribution in [1.82, 2.24) is 4.90 Å². The Kier molecular flexibility index (Phi) is 4.22. The normalized spacial score (nSPS) is 24.1. The van der Waals surface area contributed by atoms with Crippen LogP contribution in [0.5, 0.6) is 0 Å². The summed E-state index contributed by atoms with van der Waals surface area (Å²) in [4.78, 5) is 14.2. The molecule has 2 rings (SSSR count). The van der Waals surface area contributed by atoms with Crippen LogP contribution in [0.25, 0.3) is 0 Å². The molecule has 1 aromatic rings. The number of rotatable bonds is 2. The molecule has 0 spiro atoms. The van der Waals surface area contributed by atoms with Crippen molar-refractivity contribution in [3.8, 4) is 0 Å². The summed E-state index contributed by atoms with van der Waals surface area (Å²) >= 11 is 5.81. The Balaban J connectivity index is 2.35. The molecule has 0 aromatic heterocycles. The number of benzene rings is 1. The molecule has 2 nitrogen and oxygen atoms in total. The van der Waals surface area contributed by atoms with Gasteiger partial charge in [0.25, 0.3) is 0 Å². The maximum atomic E-state index is 14.1. The molecule has 0 amide bonds. The van der Waals surface area contributed by atoms with Crippen molar-refractivity contribution < 1.29 is 9.18 Å². The van der Waals surface area contributed by atoms with Gasteiger partial charge < -0.3 is 0 Å². The van der Waals surface area contributed by atoms with Crippen LogP contribution in [0.2, 0.25) is 5.02 Å². The Bertz CT molecular complexity index is 524. The Labute approximate surface area is 124 Å². The number of ketones is 1. The summed E-state index contributed by atoms with van der Waals surface area (Å²) in [5.41, 5.74) is 0.576. The fourth-order valence-corrected chi connectivity index (χ4v) is 3.04. The van der Waals surface area contributed by atoms with Gasteiger partial charge in [0.1, 0.15) is 11.6 Å². The number of carbonyl (C=O) groups is 1. The maximum absolute atomic E-state index is 14.1. The number of hydrogen-bond donors (Lipinski definition) is 0. The number of halogens is 2. The molecule has 0 saturated carbocycles. The standard InChI is InChI=1S/C16H21ClFNO/c1-10(20)13-8-19(16(2,3)4)9-14(13)12-6-5-11(17)7-15(12)18/h5-7,13-14H,8-9H2,1-4H3/t13-,14-/m0/s1. The van der Waals surface area contributed by atoms with Gasteiger partial charge in [-0.15, -0.1) is 0 Å². The predicted molar refractivity (Wildman–Crippen MR) is 79.6 cm³/mol. The first-order valence-electron chi connectivity index (χ1n) is 6.90. The van der Waals surface area contributed by atoms with Crippen LogP contribution in [0.3, 0.4) is 0 Å². The molecule has 1 aliphatic rings. The third-order valence-corrected chi connectivity index (χ3v) is 4.39. The highest BCUT2D eigenvalue weighted by molar-refractivity contribution is 6.30. The van der Waals surface area contributed by atoms with Crippen LogP contribution in [-0.4, -0.2) is 29.3 Å². The van der Waals surface area contributed by atoms with E-state index in [-0.39, 0.29) is 29.0 Å². The van der Waals surface area contributed by atoms with Gasteiger partial charge in [0, 0.05) is 35.5 Å². The lowest BCUT2D eigenvalue weighted by molar-refractivity contribution is -0.120. The number of hydrogen-bond acceptors (Lipinski definition) is 2. The van der Waals surface area contributed by atoms with Gasteiger partial charge in [-0.05, 0) is 45.4 Å². The van der Waals surface area contributed by atoms with E-state index in [1.54, 1.807) is 19.1 Å². The minimum Gasteiger partial charge on any atom is -0.300 e. The number of likely N-dealkylation sites (tertiary alicyclic amines) is 1. The van der Waals surface area contributed by atoms with Gasteiger partial charge in [0.2, 0.25) is 0 Å². The second-order valence-corrected chi connectivity index (χ2v) is 7.00. The van der Waals surface area contributed by atoms with E-state index >= 15 is 0 Å². The molecule has 0 bridgehead atoms. The second-order valence-electron chi connectivity index (χ2n) is 6.57. The summed E-state index contributed by atoms with van der Waals surface area (Å²) in [5, 5.41) is 0.385. The lowest BCUT2D eigenvalue weighted by Gasteiger charge is -2.31. The van der Waals surface area contributed by atoms with Gasteiger partial charge >= 0.3 is 0 Å². The summed E-state index contributed by atoms with van der Waals surface area (Å²) in [6.07, 6.45) is 0. The number of carbonyl (C=O) groups excluding carboxylic acids is 1. The first-order chi connectivity index (χ1) is 9.20. The summed E-state index contributed by atoms with van der Waals surface area (Å²) in [6, 6.07) is 4.73. The zero-order valence-electron chi connectivity index (χ0n) is 12.4. The van der Waals surface area contributed by atoms with Crippen LogP contribution < -0.4 is 0 Å². The van der Waals surface area contributed by atoms with Crippen molar-refractivity contribution in [2.75, 3.05) is 13.1 Å². The van der Waals surface area contributed by atoms with Crippen molar-refractivity contribution in [1.29, 1.82) is 0 Å². The molecular formula is C16H21ClFNO. The van der Waals surface area contributed by atoms with E-state index in [0.717, 1.165) is 0 Å². The van der Waals surface area contributed by atoms with Crippen LogP contribution in [0.15, 0.2) is 18.2 Å². The molecule has 0 radical (unpaired) electrons. The fourth-order valence-electron chi connectivity index (χ4n) is 2.88. The average Bonchev–Trinajstić information content (AvgIpc) is 2.73. The van der Waals surface area contributed by atoms with E-state index in [0.29, 0.717) is 23.7 Å². The van der Waals surface area contributed by atoms with E-state index in [9.17, 15) is 9.18 Å². The molecule has 4 heteroatoms. The van der Waals surface area contributed by atoms with Crippen molar-refractivity contribution in [3.63, 3.8) is 0 Å². The highest BCUT2D eigenvalue weighted by Crippen LogP contribution is 2.38. The molecule has 110 valence electrons. The summed E-state index contributed by atoms with van der Waals surface area (Å²) < 4.78 is 14.1. The third kappa shape index (κ3) is 3.04. The molecule has 0 N–H and O–H groups in total. The summed E-state index contributed by atoms with van der Waals surface area (Å²) in [5.74, 6) is -0.436. The van der Waals surface area contributed by atoms with Gasteiger partial charge in [-0.1, -0.05) is 17.7 Å². The molecular weight excluding hydrogens is 277 g/mol. The Morgan fingerprint density at radius 2 is 2.00 bits per heavy atom. The van der Waals surface area contributed by atoms with Crippen LogP contribution in [0, 0.1) is 11.7 Å². The van der Waals surface area contributed by atoms with Crippen molar-refractivity contribution >= 4 is 17.4 Å². The maximum Gasteiger partial charge on any atom is 0.134 e. The molecule has 0 unspecified atom stereocenters. The predicted octanol–water partition coefficient (Wildman–Crippen LogP) is 3.88. The third-order valence-electron chi connectivity index (χ3n) is 4.15. The molecule has 1 fully saturated rings. The molecule has 1 heterocycles. The Morgan fingerprint density at radius 3 is 2.50 bits per heavy atom. The smallest absolute Gasteiger partial charge is 0.134 e. The number of Topliss-reactive ketones (excluding diaryl/α,β-unsaturated/α-hetero) is 1. The first kappa shape index (κ1) is 15.5. The molecule has 1 aliphatic heterocycles. The molecule has 1 saturated heterocycles. The van der Waals surface area contributed by atoms with Gasteiger partial charge in [0.15, 0.2) is 0 Å². The van der Waals surface area contributed by atoms with Crippen molar-refractivity contribution in [2.24, 2.45) is 5.92 Å². The van der Waals surface area contributed by atoms with E-state index in [4.69, 9.17) is 11.6 Å². The van der Waals surface area contributed by atoms with Crippen LogP contribution in [-0.2, 0) is 4.79 Å². The van der Waals surface area contributed by atoms with Crippen LogP contribution >= 0.6 is 11.6 Å². The van der Waals surface area contributed by atoms with E-state index < -0.39 is 0 Å². The molecule has 20 heavy (non-hydrogen) atoms. The fraction of sp³-hybridized carbons (Fsp3) is 0.562. The van der Waals surface area contributed by atoms with Crippen LogP contribution in [0.4, 0.5) is 4.39 Å². The Morgan fingerprint density at radius 1 is 1.35 bits per heavy atom. The largest absolute Gasteiger partial charge is 0.300 e. The van der Waals surface area contributed by atoms with Crippen LogP contribution in [0.1, 0.15) is 39.2 Å². The second kappa shape index (κ2) is 5.45. The van der Waals surface area contributed by atoms with Crippen molar-refractivity contribution in [2.45, 2.75) is 39.2 Å². The SMILES string of the molecule is CC(=O)[C@@H]1CN(C(C)(C)C)C[C@H]1c1ccc(Cl)cc1F. The average molecular weight is 298 g/mol. The molecule has 0 aliphatic carbocycles. The number of nitrogens with zero attached hydrogens (tertiary/aromatic N) is 1. The lowest BCUT2D eigenvalue weighted by atomic mass is 9.86. The van der Waals surface area contributed by atoms with Crippen molar-refractivity contribution in [3.05, 3.63) is 34.6 Å². The summed E-state index contributed by atoms with van der Waals surface area (Å²) in [7, 11) is 0. The molecule has 1 aromatic carbocycles. The Hall–Kier alpha value is -0.930. The quantitative estimate of drug-likeness (QED) is 0.825. The van der Waals surface area contributed by atoms with E-state index in [2.05, 4.69) is 25.7 Å². The molecule has 2 atom stereocenters. The van der Waals surface area contributed by atoms with Gasteiger partial charge in [-0.2, -0.15) is 0 Å². The summed E-state index contributed by atoms with van der Waals surface area (Å²) in [6.45, 7) is 9.33. The zero-order valence-corrected chi connectivity index (χ0v) is 13.2. The first-order valence-corrected chi connectivity index (χ1v) is 7.28. The lowest BCUT2D eigenvalue weighted by Crippen LogP contribution is -2.40. The monoisotopic (exact) mass is 297 g/mol. The van der Waals surface area contributed by atoms with Gasteiger partial charge in [-0.25, -0.2) is 4.39 Å². The van der Waals surface area contributed by atoms with Gasteiger partial charge in [-0.3, -0.25) is 9.69 Å². The van der Waals surface area contributed by atoms with E-state index in [1.165, 1.54) is 6.07 Å². The van der Waals surface area contributed by atoms with E-state index in [1.807, 2.05) is 0 Å². The zero-order chi connectivity index (χ0) is 15.1.